The number of carboxylic acid groups (broad SMARTS) is 1. The number of carboxylic acids is 1. The Morgan fingerprint density at radius 2 is 2.04 bits per heavy atom. The molecule has 1 amide bonds. The lowest BCUT2D eigenvalue weighted by Gasteiger charge is -2.20. The molecule has 1 saturated carbocycles. The molecule has 1 N–H and O–H groups in total. The maximum absolute atomic E-state index is 12.1. The molecule has 0 radical (unpaired) electrons. The van der Waals surface area contributed by atoms with Crippen molar-refractivity contribution in [1.82, 2.24) is 4.90 Å². The van der Waals surface area contributed by atoms with Crippen LogP contribution < -0.4 is 4.74 Å². The molecule has 1 aromatic carbocycles. The molecular weight excluding hydrogens is 298 g/mol. The van der Waals surface area contributed by atoms with E-state index in [4.69, 9.17) is 9.84 Å². The largest absolute Gasteiger partial charge is 0.494 e. The highest BCUT2D eigenvalue weighted by atomic mass is 16.5. The number of hydrogen-bond acceptors (Lipinski definition) is 4. The van der Waals surface area contributed by atoms with Crippen LogP contribution in [0.5, 0.6) is 5.75 Å². The predicted octanol–water partition coefficient (Wildman–Crippen LogP) is 2.12. The number of aliphatic carboxylic acids is 1. The first-order chi connectivity index (χ1) is 11.0. The van der Waals surface area contributed by atoms with E-state index in [9.17, 15) is 14.4 Å². The average molecular weight is 319 g/mol. The first-order valence-electron chi connectivity index (χ1n) is 7.72. The molecule has 0 heterocycles. The minimum absolute atomic E-state index is 0.0284. The molecule has 0 atom stereocenters. The second kappa shape index (κ2) is 7.76. The first-order valence-corrected chi connectivity index (χ1v) is 7.72. The van der Waals surface area contributed by atoms with E-state index in [0.717, 1.165) is 12.8 Å². The topological polar surface area (TPSA) is 83.9 Å². The number of rotatable bonds is 9. The van der Waals surface area contributed by atoms with Crippen LogP contribution in [0, 0.1) is 0 Å². The Bertz CT molecular complexity index is 594. The highest BCUT2D eigenvalue weighted by Gasteiger charge is 2.33. The summed E-state index contributed by atoms with van der Waals surface area (Å²) in [6.07, 6.45) is 2.53. The summed E-state index contributed by atoms with van der Waals surface area (Å²) in [6, 6.07) is 6.99. The van der Waals surface area contributed by atoms with Gasteiger partial charge in [0.05, 0.1) is 6.61 Å². The van der Waals surface area contributed by atoms with Gasteiger partial charge < -0.3 is 14.7 Å². The van der Waals surface area contributed by atoms with Crippen molar-refractivity contribution in [2.75, 3.05) is 13.2 Å². The summed E-state index contributed by atoms with van der Waals surface area (Å²) >= 11 is 0. The molecule has 0 aromatic heterocycles. The number of nitrogens with zero attached hydrogens (tertiary/aromatic N) is 1. The van der Waals surface area contributed by atoms with E-state index < -0.39 is 5.97 Å². The smallest absolute Gasteiger partial charge is 0.323 e. The van der Waals surface area contributed by atoms with Crippen molar-refractivity contribution in [2.45, 2.75) is 38.6 Å². The normalized spacial score (nSPS) is 13.4. The fraction of sp³-hybridized carbons (Fsp3) is 0.471. The van der Waals surface area contributed by atoms with Crippen molar-refractivity contribution in [1.29, 1.82) is 0 Å². The van der Waals surface area contributed by atoms with Gasteiger partial charge in [-0.3, -0.25) is 14.4 Å². The Kier molecular flexibility index (Phi) is 5.73. The molecule has 1 aliphatic carbocycles. The Balaban J connectivity index is 1.76. The molecule has 2 rings (SSSR count). The average Bonchev–Trinajstić information content (AvgIpc) is 3.33. The van der Waals surface area contributed by atoms with Crippen molar-refractivity contribution in [3.8, 4) is 5.75 Å². The van der Waals surface area contributed by atoms with Gasteiger partial charge in [0.2, 0.25) is 5.91 Å². The van der Waals surface area contributed by atoms with Gasteiger partial charge in [-0.25, -0.2) is 0 Å². The fourth-order valence-electron chi connectivity index (χ4n) is 2.31. The van der Waals surface area contributed by atoms with Crippen LogP contribution in [0.3, 0.4) is 0 Å². The van der Waals surface area contributed by atoms with Gasteiger partial charge in [0.25, 0.3) is 0 Å². The zero-order valence-corrected chi connectivity index (χ0v) is 13.2. The quantitative estimate of drug-likeness (QED) is 0.557. The number of amides is 1. The van der Waals surface area contributed by atoms with E-state index in [1.807, 2.05) is 0 Å². The zero-order valence-electron chi connectivity index (χ0n) is 13.2. The molecular formula is C17H21NO5. The van der Waals surface area contributed by atoms with Gasteiger partial charge in [0, 0.05) is 18.0 Å². The molecule has 23 heavy (non-hydrogen) atoms. The number of benzene rings is 1. The number of Topliss-reactive ketones (excluding diaryl/α,β-unsaturated/α-hetero) is 1. The van der Waals surface area contributed by atoms with Crippen LogP contribution in [0.4, 0.5) is 0 Å². The van der Waals surface area contributed by atoms with E-state index >= 15 is 0 Å². The van der Waals surface area contributed by atoms with Gasteiger partial charge in [-0.05, 0) is 38.3 Å². The van der Waals surface area contributed by atoms with Crippen LogP contribution >= 0.6 is 0 Å². The Labute approximate surface area is 135 Å². The van der Waals surface area contributed by atoms with Crippen molar-refractivity contribution < 1.29 is 24.2 Å². The van der Waals surface area contributed by atoms with Gasteiger partial charge in [0.15, 0.2) is 5.78 Å². The van der Waals surface area contributed by atoms with E-state index in [0.29, 0.717) is 24.3 Å². The standard InChI is InChI=1S/C17H21NO5/c1-12(19)13-4-2-5-15(10-13)23-9-3-6-16(20)18(11-17(21)22)14-7-8-14/h2,4-5,10,14H,3,6-9,11H2,1H3,(H,21,22). The molecule has 1 aliphatic rings. The van der Waals surface area contributed by atoms with Gasteiger partial charge in [-0.1, -0.05) is 12.1 Å². The van der Waals surface area contributed by atoms with E-state index in [2.05, 4.69) is 0 Å². The van der Waals surface area contributed by atoms with Gasteiger partial charge in [-0.2, -0.15) is 0 Å². The maximum atomic E-state index is 12.1. The van der Waals surface area contributed by atoms with Crippen LogP contribution in [-0.2, 0) is 9.59 Å². The lowest BCUT2D eigenvalue weighted by atomic mass is 10.1. The molecule has 1 aromatic rings. The minimum atomic E-state index is -0.984. The van der Waals surface area contributed by atoms with E-state index in [1.165, 1.54) is 11.8 Å². The summed E-state index contributed by atoms with van der Waals surface area (Å²) in [5.74, 6) is -0.562. The van der Waals surface area contributed by atoms with Crippen molar-refractivity contribution >= 4 is 17.7 Å². The Morgan fingerprint density at radius 3 is 2.65 bits per heavy atom. The molecule has 0 spiro atoms. The van der Waals surface area contributed by atoms with Crippen LogP contribution in [0.1, 0.15) is 43.0 Å². The summed E-state index contributed by atoms with van der Waals surface area (Å²) < 4.78 is 5.54. The molecule has 1 fully saturated rings. The summed E-state index contributed by atoms with van der Waals surface area (Å²) in [4.78, 5) is 35.6. The number of carbonyl (C=O) groups excluding carboxylic acids is 2. The highest BCUT2D eigenvalue weighted by Crippen LogP contribution is 2.27. The third kappa shape index (κ3) is 5.39. The molecule has 6 heteroatoms. The lowest BCUT2D eigenvalue weighted by Crippen LogP contribution is -2.37. The molecule has 0 bridgehead atoms. The minimum Gasteiger partial charge on any atom is -0.494 e. The van der Waals surface area contributed by atoms with Crippen LogP contribution in [0.15, 0.2) is 24.3 Å². The lowest BCUT2D eigenvalue weighted by molar-refractivity contribution is -0.145. The van der Waals surface area contributed by atoms with Gasteiger partial charge in [-0.15, -0.1) is 0 Å². The van der Waals surface area contributed by atoms with Crippen LogP contribution in [0.2, 0.25) is 0 Å². The van der Waals surface area contributed by atoms with Crippen LogP contribution in [-0.4, -0.2) is 46.9 Å². The number of ketones is 1. The second-order valence-electron chi connectivity index (χ2n) is 5.68. The zero-order chi connectivity index (χ0) is 16.8. The number of carbonyl (C=O) groups is 3. The SMILES string of the molecule is CC(=O)c1cccc(OCCCC(=O)N(CC(=O)O)C2CC2)c1. The summed E-state index contributed by atoms with van der Waals surface area (Å²) in [7, 11) is 0. The highest BCUT2D eigenvalue weighted by molar-refractivity contribution is 5.94. The third-order valence-corrected chi connectivity index (χ3v) is 3.66. The fourth-order valence-corrected chi connectivity index (χ4v) is 2.31. The van der Waals surface area contributed by atoms with Crippen LogP contribution in [0.25, 0.3) is 0 Å². The molecule has 0 aliphatic heterocycles. The monoisotopic (exact) mass is 319 g/mol. The van der Waals surface area contributed by atoms with Gasteiger partial charge in [0.1, 0.15) is 12.3 Å². The molecule has 6 nitrogen and oxygen atoms in total. The maximum Gasteiger partial charge on any atom is 0.323 e. The van der Waals surface area contributed by atoms with Crippen molar-refractivity contribution in [2.24, 2.45) is 0 Å². The predicted molar refractivity (Wildman–Crippen MR) is 83.5 cm³/mol. The number of ether oxygens (including phenoxy) is 1. The summed E-state index contributed by atoms with van der Waals surface area (Å²) in [5, 5.41) is 8.85. The van der Waals surface area contributed by atoms with E-state index in [-0.39, 0.29) is 30.7 Å². The molecule has 0 saturated heterocycles. The molecule has 0 unspecified atom stereocenters. The third-order valence-electron chi connectivity index (χ3n) is 3.66. The summed E-state index contributed by atoms with van der Waals surface area (Å²) in [6.45, 7) is 1.61. The molecule has 124 valence electrons. The van der Waals surface area contributed by atoms with Crippen molar-refractivity contribution in [3.63, 3.8) is 0 Å². The van der Waals surface area contributed by atoms with Gasteiger partial charge >= 0.3 is 5.97 Å². The Hall–Kier alpha value is -2.37. The van der Waals surface area contributed by atoms with Crippen molar-refractivity contribution in [3.05, 3.63) is 29.8 Å². The second-order valence-corrected chi connectivity index (χ2v) is 5.68. The summed E-state index contributed by atoms with van der Waals surface area (Å²) in [5.41, 5.74) is 0.583. The Morgan fingerprint density at radius 1 is 1.30 bits per heavy atom. The number of hydrogen-bond donors (Lipinski definition) is 1. The van der Waals surface area contributed by atoms with E-state index in [1.54, 1.807) is 24.3 Å². The first kappa shape index (κ1) is 17.0.